The number of thiazole rings is 1. The Labute approximate surface area is 123 Å². The third-order valence-corrected chi connectivity index (χ3v) is 5.96. The zero-order valence-electron chi connectivity index (χ0n) is 11.7. The smallest absolute Gasteiger partial charge is 0.224 e. The number of hydrogen-bond acceptors (Lipinski definition) is 3. The van der Waals surface area contributed by atoms with Crippen molar-refractivity contribution in [2.75, 3.05) is 0 Å². The van der Waals surface area contributed by atoms with Gasteiger partial charge in [-0.3, -0.25) is 4.79 Å². The molecular formula is C16H20N2OS. The van der Waals surface area contributed by atoms with Crippen LogP contribution >= 0.6 is 11.3 Å². The van der Waals surface area contributed by atoms with E-state index in [4.69, 9.17) is 0 Å². The van der Waals surface area contributed by atoms with Gasteiger partial charge in [-0.15, -0.1) is 11.3 Å². The summed E-state index contributed by atoms with van der Waals surface area (Å²) >= 11 is 1.69. The van der Waals surface area contributed by atoms with Crippen molar-refractivity contribution in [1.82, 2.24) is 10.3 Å². The molecule has 0 aromatic carbocycles. The molecular weight excluding hydrogens is 268 g/mol. The minimum atomic E-state index is 0.157. The molecule has 4 rings (SSSR count). The van der Waals surface area contributed by atoms with E-state index in [9.17, 15) is 4.79 Å². The van der Waals surface area contributed by atoms with Crippen LogP contribution in [0.1, 0.15) is 42.4 Å². The SMILES string of the molecule is Cc1csc([C@@H](NC(=O)[C@@H]2C[C@@H]3C=C[C@@H]2C3)C2CC2)n1. The standard InChI is InChI=1S/C16H20N2OS/c1-9-8-20-16(17-9)14(11-4-5-11)18-15(19)13-7-10-2-3-12(13)6-10/h2-3,8,10-14H,4-7H2,1H3,(H,18,19)/t10-,12-,13-,14+/m1/s1. The van der Waals surface area contributed by atoms with Crippen LogP contribution in [0.3, 0.4) is 0 Å². The number of carbonyl (C=O) groups is 1. The highest BCUT2D eigenvalue weighted by molar-refractivity contribution is 7.09. The van der Waals surface area contributed by atoms with Crippen molar-refractivity contribution in [2.24, 2.45) is 23.7 Å². The van der Waals surface area contributed by atoms with Crippen molar-refractivity contribution in [3.63, 3.8) is 0 Å². The molecule has 0 spiro atoms. The third-order valence-electron chi connectivity index (χ3n) is 4.91. The highest BCUT2D eigenvalue weighted by atomic mass is 32.1. The van der Waals surface area contributed by atoms with Crippen molar-refractivity contribution in [3.05, 3.63) is 28.2 Å². The van der Waals surface area contributed by atoms with Crippen LogP contribution in [0.25, 0.3) is 0 Å². The summed E-state index contributed by atoms with van der Waals surface area (Å²) in [5.74, 6) is 2.20. The van der Waals surface area contributed by atoms with Gasteiger partial charge in [0.05, 0.1) is 6.04 Å². The molecule has 0 aliphatic heterocycles. The molecule has 3 aliphatic rings. The van der Waals surface area contributed by atoms with Crippen LogP contribution in [0.4, 0.5) is 0 Å². The zero-order chi connectivity index (χ0) is 13.7. The molecule has 0 unspecified atom stereocenters. The number of rotatable bonds is 4. The molecule has 1 N–H and O–H groups in total. The quantitative estimate of drug-likeness (QED) is 0.864. The van der Waals surface area contributed by atoms with Gasteiger partial charge in [-0.05, 0) is 50.4 Å². The van der Waals surface area contributed by atoms with Gasteiger partial charge < -0.3 is 5.32 Å². The molecule has 4 heteroatoms. The Morgan fingerprint density at radius 2 is 2.25 bits per heavy atom. The molecule has 1 aromatic heterocycles. The van der Waals surface area contributed by atoms with Crippen LogP contribution in [0, 0.1) is 30.6 Å². The lowest BCUT2D eigenvalue weighted by Gasteiger charge is -2.22. The van der Waals surface area contributed by atoms with E-state index in [0.29, 0.717) is 17.8 Å². The Balaban J connectivity index is 1.48. The maximum absolute atomic E-state index is 12.6. The first-order valence-electron chi connectivity index (χ1n) is 7.61. The number of allylic oxidation sites excluding steroid dienone is 2. The number of aromatic nitrogens is 1. The molecule has 20 heavy (non-hydrogen) atoms. The third kappa shape index (κ3) is 2.20. The largest absolute Gasteiger partial charge is 0.346 e. The molecule has 2 saturated carbocycles. The Hall–Kier alpha value is -1.16. The molecule has 1 aromatic rings. The summed E-state index contributed by atoms with van der Waals surface area (Å²) in [4.78, 5) is 17.2. The van der Waals surface area contributed by atoms with Crippen LogP contribution in [-0.2, 0) is 4.79 Å². The van der Waals surface area contributed by atoms with Gasteiger partial charge >= 0.3 is 0 Å². The predicted molar refractivity (Wildman–Crippen MR) is 79.3 cm³/mol. The van der Waals surface area contributed by atoms with Crippen LogP contribution in [0.5, 0.6) is 0 Å². The van der Waals surface area contributed by atoms with E-state index in [2.05, 4.69) is 27.8 Å². The fourth-order valence-electron chi connectivity index (χ4n) is 3.67. The van der Waals surface area contributed by atoms with E-state index in [1.165, 1.54) is 19.3 Å². The van der Waals surface area contributed by atoms with Crippen molar-refractivity contribution in [1.29, 1.82) is 0 Å². The van der Waals surface area contributed by atoms with Gasteiger partial charge in [0.1, 0.15) is 5.01 Å². The monoisotopic (exact) mass is 288 g/mol. The maximum Gasteiger partial charge on any atom is 0.224 e. The molecule has 3 aliphatic carbocycles. The van der Waals surface area contributed by atoms with Crippen molar-refractivity contribution < 1.29 is 4.79 Å². The van der Waals surface area contributed by atoms with Crippen LogP contribution in [-0.4, -0.2) is 10.9 Å². The maximum atomic E-state index is 12.6. The number of fused-ring (bicyclic) bond motifs is 2. The molecule has 1 heterocycles. The summed E-state index contributed by atoms with van der Waals surface area (Å²) in [7, 11) is 0. The fourth-order valence-corrected chi connectivity index (χ4v) is 4.61. The highest BCUT2D eigenvalue weighted by Crippen LogP contribution is 2.45. The van der Waals surface area contributed by atoms with Gasteiger partial charge in [-0.1, -0.05) is 12.2 Å². The highest BCUT2D eigenvalue weighted by Gasteiger charge is 2.42. The van der Waals surface area contributed by atoms with Crippen LogP contribution < -0.4 is 5.32 Å². The van der Waals surface area contributed by atoms with Gasteiger partial charge in [0.25, 0.3) is 0 Å². The molecule has 2 bridgehead atoms. The molecule has 2 fully saturated rings. The zero-order valence-corrected chi connectivity index (χ0v) is 12.5. The molecule has 3 nitrogen and oxygen atoms in total. The van der Waals surface area contributed by atoms with Gasteiger partial charge in [0.15, 0.2) is 0 Å². The predicted octanol–water partition coefficient (Wildman–Crippen LogP) is 3.23. The topological polar surface area (TPSA) is 42.0 Å². The first-order chi connectivity index (χ1) is 9.70. The summed E-state index contributed by atoms with van der Waals surface area (Å²) < 4.78 is 0. The van der Waals surface area contributed by atoms with Crippen molar-refractivity contribution in [3.8, 4) is 0 Å². The second-order valence-electron chi connectivity index (χ2n) is 6.54. The summed E-state index contributed by atoms with van der Waals surface area (Å²) in [6.07, 6.45) is 9.21. The lowest BCUT2D eigenvalue weighted by atomic mass is 9.92. The fraction of sp³-hybridized carbons (Fsp3) is 0.625. The molecule has 0 radical (unpaired) electrons. The summed E-state index contributed by atoms with van der Waals surface area (Å²) in [6.45, 7) is 2.02. The normalized spacial score (nSPS) is 32.5. The van der Waals surface area contributed by atoms with E-state index in [0.717, 1.165) is 17.1 Å². The van der Waals surface area contributed by atoms with Gasteiger partial charge in [-0.2, -0.15) is 0 Å². The first-order valence-corrected chi connectivity index (χ1v) is 8.49. The van der Waals surface area contributed by atoms with Gasteiger partial charge in [-0.25, -0.2) is 4.98 Å². The minimum Gasteiger partial charge on any atom is -0.346 e. The number of amides is 1. The number of nitrogens with zero attached hydrogens (tertiary/aromatic N) is 1. The second-order valence-corrected chi connectivity index (χ2v) is 7.43. The number of nitrogens with one attached hydrogen (secondary N) is 1. The minimum absolute atomic E-state index is 0.157. The van der Waals surface area contributed by atoms with Gasteiger partial charge in [0, 0.05) is 17.0 Å². The van der Waals surface area contributed by atoms with E-state index < -0.39 is 0 Å². The molecule has 1 amide bonds. The lowest BCUT2D eigenvalue weighted by Crippen LogP contribution is -2.36. The average molecular weight is 288 g/mol. The van der Waals surface area contributed by atoms with E-state index >= 15 is 0 Å². The molecule has 4 atom stereocenters. The second kappa shape index (κ2) is 4.69. The number of aryl methyl sites for hydroxylation is 1. The van der Waals surface area contributed by atoms with E-state index in [-0.39, 0.29) is 17.9 Å². The Morgan fingerprint density at radius 3 is 2.80 bits per heavy atom. The van der Waals surface area contributed by atoms with Crippen LogP contribution in [0.15, 0.2) is 17.5 Å². The van der Waals surface area contributed by atoms with Crippen LogP contribution in [0.2, 0.25) is 0 Å². The van der Waals surface area contributed by atoms with Crippen molar-refractivity contribution >= 4 is 17.2 Å². The lowest BCUT2D eigenvalue weighted by molar-refractivity contribution is -0.126. The molecule has 0 saturated heterocycles. The average Bonchev–Trinajstić information content (AvgIpc) is 2.86. The Bertz CT molecular complexity index is 561. The summed E-state index contributed by atoms with van der Waals surface area (Å²) in [5, 5.41) is 6.49. The number of carbonyl (C=O) groups excluding carboxylic acids is 1. The van der Waals surface area contributed by atoms with E-state index in [1.807, 2.05) is 6.92 Å². The first kappa shape index (κ1) is 12.6. The van der Waals surface area contributed by atoms with Crippen molar-refractivity contribution in [2.45, 2.75) is 38.6 Å². The number of hydrogen-bond donors (Lipinski definition) is 1. The van der Waals surface area contributed by atoms with E-state index in [1.54, 1.807) is 11.3 Å². The summed E-state index contributed by atoms with van der Waals surface area (Å²) in [5.41, 5.74) is 1.06. The Kier molecular flexibility index (Phi) is 2.95. The molecule has 106 valence electrons. The summed E-state index contributed by atoms with van der Waals surface area (Å²) in [6, 6.07) is 0.157. The Morgan fingerprint density at radius 1 is 1.40 bits per heavy atom. The van der Waals surface area contributed by atoms with Gasteiger partial charge in [0.2, 0.25) is 5.91 Å².